The quantitative estimate of drug-likeness (QED) is 0.530. The molecule has 0 spiro atoms. The van der Waals surface area contributed by atoms with Gasteiger partial charge in [-0.1, -0.05) is 18.0 Å². The summed E-state index contributed by atoms with van der Waals surface area (Å²) in [6.45, 7) is 0.981. The maximum atomic E-state index is 6.00. The summed E-state index contributed by atoms with van der Waals surface area (Å²) in [5, 5.41) is 0.721. The van der Waals surface area contributed by atoms with Crippen LogP contribution in [0.1, 0.15) is 25.1 Å². The molecule has 104 valence electrons. The zero-order valence-corrected chi connectivity index (χ0v) is 13.4. The lowest BCUT2D eigenvalue weighted by Gasteiger charge is -2.07. The van der Waals surface area contributed by atoms with E-state index in [1.165, 1.54) is 25.0 Å². The first kappa shape index (κ1) is 15.0. The highest BCUT2D eigenvalue weighted by Gasteiger charge is 2.09. The molecule has 0 atom stereocenters. The summed E-state index contributed by atoms with van der Waals surface area (Å²) >= 11 is 13.9. The van der Waals surface area contributed by atoms with Crippen molar-refractivity contribution in [2.24, 2.45) is 0 Å². The van der Waals surface area contributed by atoms with Crippen molar-refractivity contribution in [3.8, 4) is 0 Å². The topological polar surface area (TPSA) is 17.8 Å². The molecule has 0 aliphatic heterocycles. The van der Waals surface area contributed by atoms with Crippen molar-refractivity contribution in [2.75, 3.05) is 12.0 Å². The van der Waals surface area contributed by atoms with Crippen LogP contribution in [0.5, 0.6) is 0 Å². The molecule has 0 aliphatic rings. The third-order valence-corrected chi connectivity index (χ3v) is 4.31. The molecule has 5 heteroatoms. The largest absolute Gasteiger partial charge is 0.327 e. The van der Waals surface area contributed by atoms with Gasteiger partial charge >= 0.3 is 0 Å². The van der Waals surface area contributed by atoms with Crippen LogP contribution < -0.4 is 0 Å². The highest BCUT2D eigenvalue weighted by atomic mass is 35.5. The summed E-state index contributed by atoms with van der Waals surface area (Å²) < 4.78 is 2.22. The number of alkyl halides is 1. The summed E-state index contributed by atoms with van der Waals surface area (Å²) in [6, 6.07) is 5.84. The number of aryl methyl sites for hydroxylation is 1. The van der Waals surface area contributed by atoms with Crippen LogP contribution in [-0.4, -0.2) is 21.6 Å². The van der Waals surface area contributed by atoms with Gasteiger partial charge in [0.1, 0.15) is 5.82 Å². The lowest BCUT2D eigenvalue weighted by molar-refractivity contribution is 0.602. The number of imidazole rings is 1. The Kier molecular flexibility index (Phi) is 5.86. The van der Waals surface area contributed by atoms with E-state index in [-0.39, 0.29) is 0 Å². The van der Waals surface area contributed by atoms with Crippen LogP contribution in [0.4, 0.5) is 0 Å². The Morgan fingerprint density at radius 3 is 2.84 bits per heavy atom. The number of unbranched alkanes of at least 4 members (excludes halogenated alkanes) is 2. The lowest BCUT2D eigenvalue weighted by Crippen LogP contribution is -2.02. The molecule has 0 radical (unpaired) electrons. The maximum Gasteiger partial charge on any atom is 0.124 e. The van der Waals surface area contributed by atoms with Gasteiger partial charge in [-0.25, -0.2) is 4.98 Å². The van der Waals surface area contributed by atoms with E-state index >= 15 is 0 Å². The van der Waals surface area contributed by atoms with Crippen LogP contribution in [0, 0.1) is 0 Å². The Hall–Kier alpha value is -0.380. The van der Waals surface area contributed by atoms with E-state index in [1.54, 1.807) is 0 Å². The molecule has 2 rings (SSSR count). The van der Waals surface area contributed by atoms with Crippen molar-refractivity contribution >= 4 is 46.0 Å². The Morgan fingerprint density at radius 2 is 2.11 bits per heavy atom. The minimum Gasteiger partial charge on any atom is -0.327 e. The first-order chi connectivity index (χ1) is 9.26. The van der Waals surface area contributed by atoms with Gasteiger partial charge in [0, 0.05) is 11.6 Å². The smallest absolute Gasteiger partial charge is 0.124 e. The molecule has 0 aliphatic carbocycles. The average molecular weight is 317 g/mol. The fourth-order valence-electron chi connectivity index (χ4n) is 2.20. The second-order valence-electron chi connectivity index (χ2n) is 4.50. The number of thioether (sulfide) groups is 1. The van der Waals surface area contributed by atoms with Gasteiger partial charge in [-0.05, 0) is 43.0 Å². The molecule has 0 saturated heterocycles. The van der Waals surface area contributed by atoms with Gasteiger partial charge in [-0.2, -0.15) is 11.8 Å². The highest BCUT2D eigenvalue weighted by molar-refractivity contribution is 7.98. The second kappa shape index (κ2) is 7.41. The van der Waals surface area contributed by atoms with Gasteiger partial charge in [0.05, 0.1) is 16.9 Å². The molecular formula is C14H18Cl2N2S. The second-order valence-corrected chi connectivity index (χ2v) is 6.19. The minimum atomic E-state index is 0.442. The van der Waals surface area contributed by atoms with E-state index in [0.717, 1.165) is 28.4 Å². The SMILES string of the molecule is CSCCCCCn1c(CCl)nc2cc(Cl)ccc21. The van der Waals surface area contributed by atoms with Crippen LogP contribution in [0.25, 0.3) is 11.0 Å². The monoisotopic (exact) mass is 316 g/mol. The molecule has 0 N–H and O–H groups in total. The third kappa shape index (κ3) is 3.80. The number of nitrogens with zero attached hydrogens (tertiary/aromatic N) is 2. The van der Waals surface area contributed by atoms with Crippen molar-refractivity contribution in [1.82, 2.24) is 9.55 Å². The normalized spacial score (nSPS) is 11.3. The van der Waals surface area contributed by atoms with Crippen molar-refractivity contribution in [3.63, 3.8) is 0 Å². The van der Waals surface area contributed by atoms with Crippen LogP contribution >= 0.6 is 35.0 Å². The van der Waals surface area contributed by atoms with Crippen molar-refractivity contribution < 1.29 is 0 Å². The molecule has 0 saturated carbocycles. The van der Waals surface area contributed by atoms with Crippen LogP contribution in [0.3, 0.4) is 0 Å². The van der Waals surface area contributed by atoms with Crippen LogP contribution in [-0.2, 0) is 12.4 Å². The Bertz CT molecular complexity index is 539. The fourth-order valence-corrected chi connectivity index (χ4v) is 3.06. The fraction of sp³-hybridized carbons (Fsp3) is 0.500. The molecule has 0 unspecified atom stereocenters. The Labute approximate surface area is 128 Å². The number of halogens is 2. The summed E-state index contributed by atoms with van der Waals surface area (Å²) in [5.74, 6) is 2.61. The minimum absolute atomic E-state index is 0.442. The summed E-state index contributed by atoms with van der Waals surface area (Å²) in [5.41, 5.74) is 2.07. The number of rotatable bonds is 7. The predicted molar refractivity (Wildman–Crippen MR) is 86.5 cm³/mol. The lowest BCUT2D eigenvalue weighted by atomic mass is 10.2. The van der Waals surface area contributed by atoms with E-state index in [1.807, 2.05) is 30.0 Å². The summed E-state index contributed by atoms with van der Waals surface area (Å²) in [6.07, 6.45) is 5.84. The third-order valence-electron chi connectivity index (χ3n) is 3.14. The van der Waals surface area contributed by atoms with Gasteiger partial charge in [0.15, 0.2) is 0 Å². The molecule has 1 aromatic heterocycles. The number of benzene rings is 1. The maximum absolute atomic E-state index is 6.00. The van der Waals surface area contributed by atoms with Crippen molar-refractivity contribution in [3.05, 3.63) is 29.0 Å². The van der Waals surface area contributed by atoms with Gasteiger partial charge in [0.25, 0.3) is 0 Å². The first-order valence-corrected chi connectivity index (χ1v) is 8.76. The van der Waals surface area contributed by atoms with Crippen molar-refractivity contribution in [1.29, 1.82) is 0 Å². The van der Waals surface area contributed by atoms with E-state index in [2.05, 4.69) is 15.8 Å². The van der Waals surface area contributed by atoms with Gasteiger partial charge in [-0.15, -0.1) is 11.6 Å². The van der Waals surface area contributed by atoms with Gasteiger partial charge < -0.3 is 4.57 Å². The Morgan fingerprint density at radius 1 is 1.26 bits per heavy atom. The predicted octanol–water partition coefficient (Wildman–Crippen LogP) is 4.96. The molecule has 2 nitrogen and oxygen atoms in total. The van der Waals surface area contributed by atoms with Crippen molar-refractivity contribution in [2.45, 2.75) is 31.7 Å². The molecule has 0 fully saturated rings. The molecular weight excluding hydrogens is 299 g/mol. The standard InChI is InChI=1S/C14H18Cl2N2S/c1-19-8-4-2-3-7-18-13-6-5-11(16)9-12(13)17-14(18)10-15/h5-6,9H,2-4,7-8,10H2,1H3. The summed E-state index contributed by atoms with van der Waals surface area (Å²) in [7, 11) is 0. The van der Waals surface area contributed by atoms with Crippen LogP contribution in [0.15, 0.2) is 18.2 Å². The Balaban J connectivity index is 2.11. The number of hydrogen-bond acceptors (Lipinski definition) is 2. The van der Waals surface area contributed by atoms with E-state index in [4.69, 9.17) is 23.2 Å². The zero-order chi connectivity index (χ0) is 13.7. The van der Waals surface area contributed by atoms with E-state index < -0.39 is 0 Å². The van der Waals surface area contributed by atoms with Gasteiger partial charge in [0.2, 0.25) is 0 Å². The molecule has 2 aromatic rings. The highest BCUT2D eigenvalue weighted by Crippen LogP contribution is 2.22. The summed E-state index contributed by atoms with van der Waals surface area (Å²) in [4.78, 5) is 4.55. The van der Waals surface area contributed by atoms with E-state index in [9.17, 15) is 0 Å². The molecule has 1 heterocycles. The van der Waals surface area contributed by atoms with Crippen LogP contribution in [0.2, 0.25) is 5.02 Å². The number of aromatic nitrogens is 2. The van der Waals surface area contributed by atoms with E-state index in [0.29, 0.717) is 5.88 Å². The van der Waals surface area contributed by atoms with Gasteiger partial charge in [-0.3, -0.25) is 0 Å². The zero-order valence-electron chi connectivity index (χ0n) is 11.0. The molecule has 0 bridgehead atoms. The number of fused-ring (bicyclic) bond motifs is 1. The average Bonchev–Trinajstić information content (AvgIpc) is 2.75. The molecule has 1 aromatic carbocycles. The number of hydrogen-bond donors (Lipinski definition) is 0. The molecule has 19 heavy (non-hydrogen) atoms. The first-order valence-electron chi connectivity index (χ1n) is 6.46. The molecule has 0 amide bonds.